The summed E-state index contributed by atoms with van der Waals surface area (Å²) in [7, 11) is 2.19. The van der Waals surface area contributed by atoms with Crippen LogP contribution in [-0.4, -0.2) is 68.5 Å². The van der Waals surface area contributed by atoms with Gasteiger partial charge in [-0.2, -0.15) is 0 Å². The van der Waals surface area contributed by atoms with E-state index in [0.29, 0.717) is 0 Å². The van der Waals surface area contributed by atoms with Gasteiger partial charge in [0.25, 0.3) is 0 Å². The van der Waals surface area contributed by atoms with Crippen LogP contribution in [0.3, 0.4) is 0 Å². The lowest BCUT2D eigenvalue weighted by Crippen LogP contribution is -2.48. The Balaban J connectivity index is 1.77. The molecule has 14 heavy (non-hydrogen) atoms. The second-order valence-electron chi connectivity index (χ2n) is 4.19. The molecule has 0 aromatic heterocycles. The predicted molar refractivity (Wildman–Crippen MR) is 58.9 cm³/mol. The van der Waals surface area contributed by atoms with Gasteiger partial charge in [0.05, 0.1) is 6.54 Å². The molecule has 2 aliphatic heterocycles. The first kappa shape index (κ1) is 9.93. The molecule has 0 saturated carbocycles. The zero-order chi connectivity index (χ0) is 9.80. The molecule has 0 aromatic rings. The molecule has 1 N–H and O–H groups in total. The average molecular weight is 196 g/mol. The molecule has 0 aromatic carbocycles. The number of nitrogens with one attached hydrogen (secondary N) is 1. The molecule has 2 heterocycles. The molecule has 0 bridgehead atoms. The summed E-state index contributed by atoms with van der Waals surface area (Å²) in [5.41, 5.74) is 0. The van der Waals surface area contributed by atoms with E-state index in [4.69, 9.17) is 0 Å². The van der Waals surface area contributed by atoms with E-state index >= 15 is 0 Å². The van der Waals surface area contributed by atoms with Gasteiger partial charge in [0, 0.05) is 39.3 Å². The lowest BCUT2D eigenvalue weighted by Gasteiger charge is -2.33. The van der Waals surface area contributed by atoms with Crippen LogP contribution in [0.15, 0.2) is 4.99 Å². The number of nitrogens with zero attached hydrogens (tertiary/aromatic N) is 3. The van der Waals surface area contributed by atoms with Gasteiger partial charge in [-0.15, -0.1) is 0 Å². The quantitative estimate of drug-likeness (QED) is 0.653. The van der Waals surface area contributed by atoms with Crippen LogP contribution < -0.4 is 5.32 Å². The van der Waals surface area contributed by atoms with Crippen molar-refractivity contribution in [3.63, 3.8) is 0 Å². The minimum absolute atomic E-state index is 1.01. The lowest BCUT2D eigenvalue weighted by atomic mass is 10.3. The number of aliphatic imine (C=N–C) groups is 1. The van der Waals surface area contributed by atoms with Gasteiger partial charge < -0.3 is 10.2 Å². The van der Waals surface area contributed by atoms with E-state index in [-0.39, 0.29) is 0 Å². The van der Waals surface area contributed by atoms with Crippen molar-refractivity contribution in [2.24, 2.45) is 4.99 Å². The van der Waals surface area contributed by atoms with E-state index in [1.807, 2.05) is 0 Å². The van der Waals surface area contributed by atoms with Crippen molar-refractivity contribution in [3.05, 3.63) is 0 Å². The average Bonchev–Trinajstić information content (AvgIpc) is 2.23. The van der Waals surface area contributed by atoms with Crippen molar-refractivity contribution >= 4 is 5.84 Å². The summed E-state index contributed by atoms with van der Waals surface area (Å²) in [4.78, 5) is 9.36. The topological polar surface area (TPSA) is 30.9 Å². The summed E-state index contributed by atoms with van der Waals surface area (Å²) in [5, 5.41) is 3.37. The van der Waals surface area contributed by atoms with Gasteiger partial charge in [-0.3, -0.25) is 9.89 Å². The van der Waals surface area contributed by atoms with Crippen molar-refractivity contribution in [1.82, 2.24) is 15.1 Å². The third-order valence-electron chi connectivity index (χ3n) is 2.94. The molecule has 1 fully saturated rings. The summed E-state index contributed by atoms with van der Waals surface area (Å²) in [5.74, 6) is 1.20. The molecular formula is C10H20N4. The lowest BCUT2D eigenvalue weighted by molar-refractivity contribution is 0.169. The normalized spacial score (nSPS) is 25.6. The van der Waals surface area contributed by atoms with Crippen LogP contribution in [0.4, 0.5) is 0 Å². The third-order valence-corrected chi connectivity index (χ3v) is 2.94. The highest BCUT2D eigenvalue weighted by molar-refractivity contribution is 5.84. The zero-order valence-electron chi connectivity index (χ0n) is 9.00. The number of hydrogen-bond acceptors (Lipinski definition) is 4. The maximum Gasteiger partial charge on any atom is 0.111 e. The SMILES string of the molecule is CN1CCN(CC2=NCCCN2)CC1. The van der Waals surface area contributed by atoms with Gasteiger partial charge in [0.2, 0.25) is 0 Å². The Bertz CT molecular complexity index is 206. The van der Waals surface area contributed by atoms with Crippen LogP contribution in [0.5, 0.6) is 0 Å². The molecule has 80 valence electrons. The third kappa shape index (κ3) is 2.69. The van der Waals surface area contributed by atoms with Gasteiger partial charge in [0.15, 0.2) is 0 Å². The summed E-state index contributed by atoms with van der Waals surface area (Å²) < 4.78 is 0. The fraction of sp³-hybridized carbons (Fsp3) is 0.900. The molecule has 4 heteroatoms. The molecule has 0 amide bonds. The molecule has 0 radical (unpaired) electrons. The van der Waals surface area contributed by atoms with E-state index in [9.17, 15) is 0 Å². The van der Waals surface area contributed by atoms with Gasteiger partial charge in [-0.05, 0) is 13.5 Å². The Morgan fingerprint density at radius 2 is 2.07 bits per heavy atom. The summed E-state index contributed by atoms with van der Waals surface area (Å²) >= 11 is 0. The fourth-order valence-corrected chi connectivity index (χ4v) is 1.91. The highest BCUT2D eigenvalue weighted by atomic mass is 15.3. The van der Waals surface area contributed by atoms with Crippen molar-refractivity contribution in [2.45, 2.75) is 6.42 Å². The molecule has 2 rings (SSSR count). The Labute approximate surface area is 86.0 Å². The molecule has 0 unspecified atom stereocenters. The maximum atomic E-state index is 4.49. The van der Waals surface area contributed by atoms with E-state index in [1.54, 1.807) is 0 Å². The smallest absolute Gasteiger partial charge is 0.111 e. The van der Waals surface area contributed by atoms with Gasteiger partial charge >= 0.3 is 0 Å². The van der Waals surface area contributed by atoms with Crippen molar-refractivity contribution < 1.29 is 0 Å². The Hall–Kier alpha value is -0.610. The highest BCUT2D eigenvalue weighted by Crippen LogP contribution is 2.00. The largest absolute Gasteiger partial charge is 0.373 e. The Kier molecular flexibility index (Phi) is 3.37. The van der Waals surface area contributed by atoms with E-state index in [2.05, 4.69) is 27.2 Å². The number of rotatable bonds is 2. The van der Waals surface area contributed by atoms with Crippen LogP contribution >= 0.6 is 0 Å². The van der Waals surface area contributed by atoms with E-state index in [0.717, 1.165) is 19.6 Å². The molecule has 0 atom stereocenters. The molecule has 2 aliphatic rings. The zero-order valence-corrected chi connectivity index (χ0v) is 9.00. The van der Waals surface area contributed by atoms with Crippen molar-refractivity contribution in [1.29, 1.82) is 0 Å². The standard InChI is InChI=1S/C10H20N4/c1-13-5-7-14(8-6-13)9-10-11-3-2-4-12-10/h2-9H2,1H3,(H,11,12). The number of piperazine rings is 1. The monoisotopic (exact) mass is 196 g/mol. The van der Waals surface area contributed by atoms with E-state index < -0.39 is 0 Å². The van der Waals surface area contributed by atoms with Gasteiger partial charge in [0.1, 0.15) is 5.84 Å². The maximum absolute atomic E-state index is 4.49. The number of hydrogen-bond donors (Lipinski definition) is 1. The highest BCUT2D eigenvalue weighted by Gasteiger charge is 2.15. The molecule has 0 spiro atoms. The van der Waals surface area contributed by atoms with Crippen LogP contribution in [0, 0.1) is 0 Å². The minimum Gasteiger partial charge on any atom is -0.373 e. The second kappa shape index (κ2) is 4.75. The molecule has 0 aliphatic carbocycles. The summed E-state index contributed by atoms with van der Waals surface area (Å²) in [6, 6.07) is 0. The van der Waals surface area contributed by atoms with Crippen LogP contribution in [-0.2, 0) is 0 Å². The van der Waals surface area contributed by atoms with Crippen molar-refractivity contribution in [3.8, 4) is 0 Å². The van der Waals surface area contributed by atoms with Crippen LogP contribution in [0.2, 0.25) is 0 Å². The summed E-state index contributed by atoms with van der Waals surface area (Å²) in [6.07, 6.45) is 1.19. The van der Waals surface area contributed by atoms with Crippen molar-refractivity contribution in [2.75, 3.05) is 52.9 Å². The van der Waals surface area contributed by atoms with Crippen LogP contribution in [0.1, 0.15) is 6.42 Å². The minimum atomic E-state index is 1.01. The number of amidine groups is 1. The molecule has 1 saturated heterocycles. The van der Waals surface area contributed by atoms with Gasteiger partial charge in [-0.25, -0.2) is 0 Å². The first-order chi connectivity index (χ1) is 6.84. The molecule has 4 nitrogen and oxygen atoms in total. The Morgan fingerprint density at radius 1 is 1.29 bits per heavy atom. The van der Waals surface area contributed by atoms with Gasteiger partial charge in [-0.1, -0.05) is 0 Å². The second-order valence-corrected chi connectivity index (χ2v) is 4.19. The van der Waals surface area contributed by atoms with Crippen LogP contribution in [0.25, 0.3) is 0 Å². The van der Waals surface area contributed by atoms with E-state index in [1.165, 1.54) is 38.4 Å². The Morgan fingerprint density at radius 3 is 2.71 bits per heavy atom. The summed E-state index contributed by atoms with van der Waals surface area (Å²) in [6.45, 7) is 7.87. The first-order valence-electron chi connectivity index (χ1n) is 5.53. The first-order valence-corrected chi connectivity index (χ1v) is 5.53. The molecular weight excluding hydrogens is 176 g/mol. The fourth-order valence-electron chi connectivity index (χ4n) is 1.91. The predicted octanol–water partition coefficient (Wildman–Crippen LogP) is -0.374. The number of likely N-dealkylation sites (N-methyl/N-ethyl adjacent to an activating group) is 1.